The summed E-state index contributed by atoms with van der Waals surface area (Å²) in [6, 6.07) is 8.49. The number of benzene rings is 1. The van der Waals surface area contributed by atoms with Crippen LogP contribution in [0.3, 0.4) is 0 Å². The van der Waals surface area contributed by atoms with Crippen LogP contribution in [0.1, 0.15) is 31.9 Å². The van der Waals surface area contributed by atoms with Gasteiger partial charge in [-0.15, -0.1) is 5.10 Å². The van der Waals surface area contributed by atoms with Crippen LogP contribution in [0.25, 0.3) is 0 Å². The SMILES string of the molecule is Cc1ccccc1CN1CCN(C(=O)CSc2nnnn2C(C)(C)C)CC1. The van der Waals surface area contributed by atoms with E-state index in [0.29, 0.717) is 10.9 Å². The van der Waals surface area contributed by atoms with Gasteiger partial charge in [0.2, 0.25) is 11.1 Å². The smallest absolute Gasteiger partial charge is 0.233 e. The molecular weight excluding hydrogens is 360 g/mol. The van der Waals surface area contributed by atoms with Gasteiger partial charge in [0.1, 0.15) is 0 Å². The van der Waals surface area contributed by atoms with Crippen molar-refractivity contribution in [2.75, 3.05) is 31.9 Å². The summed E-state index contributed by atoms with van der Waals surface area (Å²) < 4.78 is 1.77. The van der Waals surface area contributed by atoms with Crippen LogP contribution in [0.4, 0.5) is 0 Å². The molecule has 146 valence electrons. The van der Waals surface area contributed by atoms with Gasteiger partial charge in [0, 0.05) is 32.7 Å². The number of aryl methyl sites for hydroxylation is 1. The molecule has 0 bridgehead atoms. The predicted octanol–water partition coefficient (Wildman–Crippen LogP) is 2.17. The van der Waals surface area contributed by atoms with Crippen LogP contribution in [-0.4, -0.2) is 67.8 Å². The molecule has 8 heteroatoms. The van der Waals surface area contributed by atoms with Crippen LogP contribution < -0.4 is 0 Å². The Kier molecular flexibility index (Phi) is 6.16. The Morgan fingerprint density at radius 2 is 1.85 bits per heavy atom. The first-order chi connectivity index (χ1) is 12.8. The standard InChI is InChI=1S/C19H28N6OS/c1-15-7-5-6-8-16(15)13-23-9-11-24(12-10-23)17(26)14-27-18-20-21-22-25(18)19(2,3)4/h5-8H,9-14H2,1-4H3. The lowest BCUT2D eigenvalue weighted by molar-refractivity contribution is -0.130. The van der Waals surface area contributed by atoms with Gasteiger partial charge in [0.05, 0.1) is 11.3 Å². The van der Waals surface area contributed by atoms with Crippen molar-refractivity contribution in [3.05, 3.63) is 35.4 Å². The van der Waals surface area contributed by atoms with Gasteiger partial charge in [0.15, 0.2) is 0 Å². The van der Waals surface area contributed by atoms with E-state index in [4.69, 9.17) is 0 Å². The Labute approximate surface area is 165 Å². The van der Waals surface area contributed by atoms with E-state index in [1.165, 1.54) is 22.9 Å². The number of aromatic nitrogens is 4. The van der Waals surface area contributed by atoms with Gasteiger partial charge in [0.25, 0.3) is 0 Å². The van der Waals surface area contributed by atoms with Crippen molar-refractivity contribution in [3.63, 3.8) is 0 Å². The number of hydrogen-bond donors (Lipinski definition) is 0. The molecule has 1 aliphatic rings. The second kappa shape index (κ2) is 8.39. The lowest BCUT2D eigenvalue weighted by Crippen LogP contribution is -2.48. The summed E-state index contributed by atoms with van der Waals surface area (Å²) in [5, 5.41) is 12.5. The number of piperazine rings is 1. The van der Waals surface area contributed by atoms with Crippen molar-refractivity contribution in [2.45, 2.75) is 44.9 Å². The molecule has 2 aromatic rings. The van der Waals surface area contributed by atoms with E-state index in [-0.39, 0.29) is 11.4 Å². The molecule has 0 unspecified atom stereocenters. The fourth-order valence-corrected chi connectivity index (χ4v) is 4.05. The summed E-state index contributed by atoms with van der Waals surface area (Å²) in [4.78, 5) is 16.9. The zero-order chi connectivity index (χ0) is 19.4. The maximum atomic E-state index is 12.6. The molecule has 1 saturated heterocycles. The van der Waals surface area contributed by atoms with Crippen LogP contribution in [0.15, 0.2) is 29.4 Å². The molecular formula is C19H28N6OS. The molecule has 1 amide bonds. The van der Waals surface area contributed by atoms with Crippen molar-refractivity contribution >= 4 is 17.7 Å². The number of nitrogens with zero attached hydrogens (tertiary/aromatic N) is 6. The van der Waals surface area contributed by atoms with Gasteiger partial charge in [-0.2, -0.15) is 0 Å². The second-order valence-corrected chi connectivity index (χ2v) is 8.86. The van der Waals surface area contributed by atoms with Crippen LogP contribution in [0.5, 0.6) is 0 Å². The number of hydrogen-bond acceptors (Lipinski definition) is 6. The summed E-state index contributed by atoms with van der Waals surface area (Å²) in [5.41, 5.74) is 2.49. The van der Waals surface area contributed by atoms with Crippen LogP contribution >= 0.6 is 11.8 Å². The maximum absolute atomic E-state index is 12.6. The molecule has 1 fully saturated rings. The average molecular weight is 389 g/mol. The average Bonchev–Trinajstić information content (AvgIpc) is 3.11. The number of rotatable bonds is 5. The fraction of sp³-hybridized carbons (Fsp3) is 0.579. The molecule has 1 aromatic heterocycles. The van der Waals surface area contributed by atoms with Crippen LogP contribution in [0.2, 0.25) is 0 Å². The fourth-order valence-electron chi connectivity index (χ4n) is 3.09. The monoisotopic (exact) mass is 388 g/mol. The molecule has 0 aliphatic carbocycles. The van der Waals surface area contributed by atoms with Crippen molar-refractivity contribution < 1.29 is 4.79 Å². The van der Waals surface area contributed by atoms with Crippen LogP contribution in [-0.2, 0) is 16.9 Å². The van der Waals surface area contributed by atoms with Crippen molar-refractivity contribution in [2.24, 2.45) is 0 Å². The number of thioether (sulfide) groups is 1. The Bertz CT molecular complexity index is 777. The Hall–Kier alpha value is -1.93. The normalized spacial score (nSPS) is 15.9. The first-order valence-corrected chi connectivity index (χ1v) is 10.3. The highest BCUT2D eigenvalue weighted by molar-refractivity contribution is 7.99. The summed E-state index contributed by atoms with van der Waals surface area (Å²) in [6.07, 6.45) is 0. The first kappa shape index (κ1) is 19.8. The minimum atomic E-state index is -0.198. The van der Waals surface area contributed by atoms with Crippen molar-refractivity contribution in [3.8, 4) is 0 Å². The Morgan fingerprint density at radius 3 is 2.52 bits per heavy atom. The van der Waals surface area contributed by atoms with Gasteiger partial charge >= 0.3 is 0 Å². The van der Waals surface area contributed by atoms with Crippen LogP contribution in [0, 0.1) is 6.92 Å². The lowest BCUT2D eigenvalue weighted by atomic mass is 10.1. The topological polar surface area (TPSA) is 67.2 Å². The predicted molar refractivity (Wildman–Crippen MR) is 107 cm³/mol. The second-order valence-electron chi connectivity index (χ2n) is 7.92. The van der Waals surface area contributed by atoms with E-state index in [9.17, 15) is 4.79 Å². The van der Waals surface area contributed by atoms with Crippen molar-refractivity contribution in [1.82, 2.24) is 30.0 Å². The molecule has 0 atom stereocenters. The molecule has 0 N–H and O–H groups in total. The molecule has 2 heterocycles. The lowest BCUT2D eigenvalue weighted by Gasteiger charge is -2.35. The highest BCUT2D eigenvalue weighted by atomic mass is 32.2. The number of carbonyl (C=O) groups is 1. The summed E-state index contributed by atoms with van der Waals surface area (Å²) in [5.74, 6) is 0.521. The van der Waals surface area contributed by atoms with Gasteiger partial charge in [-0.1, -0.05) is 36.0 Å². The molecule has 0 saturated carbocycles. The third-order valence-corrected chi connectivity index (χ3v) is 5.69. The quantitative estimate of drug-likeness (QED) is 0.732. The summed E-state index contributed by atoms with van der Waals surface area (Å²) >= 11 is 1.41. The molecule has 27 heavy (non-hydrogen) atoms. The highest BCUT2D eigenvalue weighted by Gasteiger charge is 2.24. The number of carbonyl (C=O) groups excluding carboxylic acids is 1. The highest BCUT2D eigenvalue weighted by Crippen LogP contribution is 2.22. The third-order valence-electron chi connectivity index (χ3n) is 4.78. The number of amides is 1. The summed E-state index contributed by atoms with van der Waals surface area (Å²) in [6.45, 7) is 12.6. The zero-order valence-electron chi connectivity index (χ0n) is 16.6. The third kappa shape index (κ3) is 5.07. The van der Waals surface area contributed by atoms with E-state index in [1.54, 1.807) is 4.68 Å². The van der Waals surface area contributed by atoms with Gasteiger partial charge in [-0.25, -0.2) is 4.68 Å². The largest absolute Gasteiger partial charge is 0.339 e. The zero-order valence-corrected chi connectivity index (χ0v) is 17.4. The Morgan fingerprint density at radius 1 is 1.15 bits per heavy atom. The molecule has 1 aliphatic heterocycles. The summed E-state index contributed by atoms with van der Waals surface area (Å²) in [7, 11) is 0. The Balaban J connectivity index is 1.48. The van der Waals surface area contributed by atoms with Crippen molar-refractivity contribution in [1.29, 1.82) is 0 Å². The van der Waals surface area contributed by atoms with E-state index in [1.807, 2.05) is 25.7 Å². The molecule has 1 aromatic carbocycles. The van der Waals surface area contributed by atoms with Gasteiger partial charge < -0.3 is 4.90 Å². The maximum Gasteiger partial charge on any atom is 0.233 e. The van der Waals surface area contributed by atoms with E-state index in [0.717, 1.165) is 32.7 Å². The molecule has 0 radical (unpaired) electrons. The molecule has 7 nitrogen and oxygen atoms in total. The molecule has 3 rings (SSSR count). The van der Waals surface area contributed by atoms with E-state index >= 15 is 0 Å². The van der Waals surface area contributed by atoms with E-state index < -0.39 is 0 Å². The first-order valence-electron chi connectivity index (χ1n) is 9.31. The minimum Gasteiger partial charge on any atom is -0.339 e. The van der Waals surface area contributed by atoms with Gasteiger partial charge in [-0.3, -0.25) is 9.69 Å². The minimum absolute atomic E-state index is 0.152. The number of tetrazole rings is 1. The van der Waals surface area contributed by atoms with E-state index in [2.05, 4.69) is 51.6 Å². The van der Waals surface area contributed by atoms with Gasteiger partial charge in [-0.05, 0) is 49.2 Å². The molecule has 0 spiro atoms.